The van der Waals surface area contributed by atoms with Gasteiger partial charge in [-0.3, -0.25) is 14.6 Å². The molecule has 3 aromatic rings. The van der Waals surface area contributed by atoms with Gasteiger partial charge in [-0.15, -0.1) is 0 Å². The second kappa shape index (κ2) is 6.09. The third kappa shape index (κ3) is 2.67. The van der Waals surface area contributed by atoms with Crippen LogP contribution in [0.2, 0.25) is 0 Å². The minimum Gasteiger partial charge on any atom is -0.381 e. The maximum Gasteiger partial charge on any atom is 0.275 e. The van der Waals surface area contributed by atoms with Gasteiger partial charge in [0, 0.05) is 43.3 Å². The molecule has 0 spiro atoms. The van der Waals surface area contributed by atoms with Gasteiger partial charge in [-0.25, -0.2) is 0 Å². The van der Waals surface area contributed by atoms with Crippen LogP contribution in [0.3, 0.4) is 0 Å². The van der Waals surface area contributed by atoms with Crippen LogP contribution < -0.4 is 5.32 Å². The normalized spacial score (nSPS) is 15.7. The van der Waals surface area contributed by atoms with E-state index in [2.05, 4.69) is 20.6 Å². The molecule has 1 aliphatic heterocycles. The summed E-state index contributed by atoms with van der Waals surface area (Å²) in [6.07, 6.45) is 1.95. The minimum atomic E-state index is -0.212. The summed E-state index contributed by atoms with van der Waals surface area (Å²) < 4.78 is 6.99. The second-order valence-electron chi connectivity index (χ2n) is 6.04. The molecule has 124 valence electrons. The van der Waals surface area contributed by atoms with Crippen LogP contribution in [0.1, 0.15) is 34.9 Å². The van der Waals surface area contributed by atoms with E-state index < -0.39 is 0 Å². The number of amides is 1. The average molecular weight is 325 g/mol. The number of H-pyrrole nitrogens is 1. The number of aryl methyl sites for hydroxylation is 1. The fraction of sp³-hybridized carbons (Fsp3) is 0.353. The van der Waals surface area contributed by atoms with Gasteiger partial charge in [0.25, 0.3) is 5.91 Å². The number of hydrogen-bond donors (Lipinski definition) is 2. The lowest BCUT2D eigenvalue weighted by Gasteiger charge is -2.20. The van der Waals surface area contributed by atoms with E-state index in [-0.39, 0.29) is 5.91 Å². The first-order chi connectivity index (χ1) is 11.7. The number of nitrogens with zero attached hydrogens (tertiary/aromatic N) is 3. The number of carbonyl (C=O) groups is 1. The molecule has 3 heterocycles. The van der Waals surface area contributed by atoms with Gasteiger partial charge >= 0.3 is 0 Å². The molecule has 1 aromatic carbocycles. The van der Waals surface area contributed by atoms with Crippen molar-refractivity contribution >= 4 is 22.6 Å². The van der Waals surface area contributed by atoms with Gasteiger partial charge in [0.1, 0.15) is 5.69 Å². The van der Waals surface area contributed by atoms with Crippen molar-refractivity contribution < 1.29 is 9.53 Å². The summed E-state index contributed by atoms with van der Waals surface area (Å²) in [6.45, 7) is 1.54. The Labute approximate surface area is 139 Å². The molecular formula is C17H19N5O2. The monoisotopic (exact) mass is 325 g/mol. The molecule has 1 fully saturated rings. The molecule has 0 saturated carbocycles. The molecule has 0 atom stereocenters. The van der Waals surface area contributed by atoms with Crippen LogP contribution in [-0.4, -0.2) is 39.1 Å². The summed E-state index contributed by atoms with van der Waals surface area (Å²) in [4.78, 5) is 12.6. The van der Waals surface area contributed by atoms with Crippen molar-refractivity contribution in [1.82, 2.24) is 20.0 Å². The van der Waals surface area contributed by atoms with Gasteiger partial charge in [-0.2, -0.15) is 10.2 Å². The van der Waals surface area contributed by atoms with Crippen molar-refractivity contribution in [3.8, 4) is 0 Å². The molecule has 1 aliphatic rings. The van der Waals surface area contributed by atoms with Crippen LogP contribution in [0.4, 0.5) is 5.82 Å². The molecule has 7 heteroatoms. The van der Waals surface area contributed by atoms with Crippen LogP contribution >= 0.6 is 0 Å². The molecule has 0 aliphatic carbocycles. The van der Waals surface area contributed by atoms with Crippen LogP contribution in [0.5, 0.6) is 0 Å². The molecule has 7 nitrogen and oxygen atoms in total. The SMILES string of the molecule is Cn1nc2ccccc2c1C(=O)Nc1cc(C2CCOCC2)[nH]n1. The first-order valence-electron chi connectivity index (χ1n) is 8.08. The molecule has 2 N–H and O–H groups in total. The number of anilines is 1. The predicted molar refractivity (Wildman–Crippen MR) is 90.0 cm³/mol. The van der Waals surface area contributed by atoms with E-state index in [4.69, 9.17) is 4.74 Å². The molecule has 24 heavy (non-hydrogen) atoms. The van der Waals surface area contributed by atoms with Crippen molar-refractivity contribution in [2.45, 2.75) is 18.8 Å². The highest BCUT2D eigenvalue weighted by Gasteiger charge is 2.20. The maximum atomic E-state index is 12.6. The lowest BCUT2D eigenvalue weighted by atomic mass is 9.97. The maximum absolute atomic E-state index is 12.6. The lowest BCUT2D eigenvalue weighted by Crippen LogP contribution is -2.16. The Morgan fingerprint density at radius 2 is 2.12 bits per heavy atom. The number of benzene rings is 1. The van der Waals surface area contributed by atoms with Crippen molar-refractivity contribution in [2.24, 2.45) is 7.05 Å². The van der Waals surface area contributed by atoms with E-state index in [1.807, 2.05) is 30.3 Å². The lowest BCUT2D eigenvalue weighted by molar-refractivity contribution is 0.0845. The van der Waals surface area contributed by atoms with E-state index in [9.17, 15) is 4.79 Å². The number of ether oxygens (including phenoxy) is 1. The first-order valence-corrected chi connectivity index (χ1v) is 8.08. The molecule has 4 rings (SSSR count). The Morgan fingerprint density at radius 3 is 2.96 bits per heavy atom. The van der Waals surface area contributed by atoms with Crippen LogP contribution in [-0.2, 0) is 11.8 Å². The van der Waals surface area contributed by atoms with Gasteiger partial charge in [0.2, 0.25) is 0 Å². The molecule has 1 amide bonds. The van der Waals surface area contributed by atoms with E-state index >= 15 is 0 Å². The van der Waals surface area contributed by atoms with E-state index in [1.165, 1.54) is 0 Å². The van der Waals surface area contributed by atoms with Crippen molar-refractivity contribution in [1.29, 1.82) is 0 Å². The summed E-state index contributed by atoms with van der Waals surface area (Å²) in [6, 6.07) is 9.51. The zero-order valence-corrected chi connectivity index (χ0v) is 13.5. The third-order valence-electron chi connectivity index (χ3n) is 4.46. The minimum absolute atomic E-state index is 0.212. The standard InChI is InChI=1S/C17H19N5O2/c1-22-16(12-4-2-3-5-13(12)21-22)17(23)18-15-10-14(19-20-15)11-6-8-24-9-7-11/h2-5,10-11H,6-9H2,1H3,(H2,18,19,20,23). The van der Waals surface area contributed by atoms with Gasteiger partial charge in [0.05, 0.1) is 5.52 Å². The number of fused-ring (bicyclic) bond motifs is 1. The molecule has 0 radical (unpaired) electrons. The quantitative estimate of drug-likeness (QED) is 0.774. The van der Waals surface area contributed by atoms with E-state index in [1.54, 1.807) is 11.7 Å². The summed E-state index contributed by atoms with van der Waals surface area (Å²) in [5.74, 6) is 0.734. The summed E-state index contributed by atoms with van der Waals surface area (Å²) in [5, 5.41) is 15.3. The smallest absolute Gasteiger partial charge is 0.275 e. The highest BCUT2D eigenvalue weighted by atomic mass is 16.5. The molecule has 0 bridgehead atoms. The Balaban J connectivity index is 1.55. The van der Waals surface area contributed by atoms with Crippen molar-refractivity contribution in [3.63, 3.8) is 0 Å². The zero-order chi connectivity index (χ0) is 16.5. The fourth-order valence-corrected chi connectivity index (χ4v) is 3.21. The summed E-state index contributed by atoms with van der Waals surface area (Å²) in [7, 11) is 1.77. The number of aromatic nitrogens is 4. The number of aromatic amines is 1. The molecule has 2 aromatic heterocycles. The highest BCUT2D eigenvalue weighted by molar-refractivity contribution is 6.11. The van der Waals surface area contributed by atoms with Gasteiger partial charge < -0.3 is 10.1 Å². The number of rotatable bonds is 3. The van der Waals surface area contributed by atoms with E-state index in [0.29, 0.717) is 17.4 Å². The Morgan fingerprint density at radius 1 is 1.33 bits per heavy atom. The van der Waals surface area contributed by atoms with Crippen molar-refractivity contribution in [2.75, 3.05) is 18.5 Å². The topological polar surface area (TPSA) is 84.8 Å². The molecular weight excluding hydrogens is 306 g/mol. The number of carbonyl (C=O) groups excluding carboxylic acids is 1. The predicted octanol–water partition coefficient (Wildman–Crippen LogP) is 2.44. The number of nitrogens with one attached hydrogen (secondary N) is 2. The Kier molecular flexibility index (Phi) is 3.78. The van der Waals surface area contributed by atoms with E-state index in [0.717, 1.165) is 42.7 Å². The molecule has 1 saturated heterocycles. The van der Waals surface area contributed by atoms with Gasteiger partial charge in [-0.1, -0.05) is 18.2 Å². The highest BCUT2D eigenvalue weighted by Crippen LogP contribution is 2.27. The zero-order valence-electron chi connectivity index (χ0n) is 13.5. The average Bonchev–Trinajstić information content (AvgIpc) is 3.19. The van der Waals surface area contributed by atoms with Gasteiger partial charge in [-0.05, 0) is 18.9 Å². The second-order valence-corrected chi connectivity index (χ2v) is 6.04. The largest absolute Gasteiger partial charge is 0.381 e. The number of hydrogen-bond acceptors (Lipinski definition) is 4. The fourth-order valence-electron chi connectivity index (χ4n) is 3.21. The van der Waals surface area contributed by atoms with Gasteiger partial charge in [0.15, 0.2) is 5.82 Å². The van der Waals surface area contributed by atoms with Crippen LogP contribution in [0, 0.1) is 0 Å². The van der Waals surface area contributed by atoms with Crippen molar-refractivity contribution in [3.05, 3.63) is 41.7 Å². The first kappa shape index (κ1) is 14.9. The third-order valence-corrected chi connectivity index (χ3v) is 4.46. The Bertz CT molecular complexity index is 876. The summed E-state index contributed by atoms with van der Waals surface area (Å²) in [5.41, 5.74) is 2.37. The summed E-state index contributed by atoms with van der Waals surface area (Å²) >= 11 is 0. The molecule has 0 unspecified atom stereocenters. The van der Waals surface area contributed by atoms with Crippen LogP contribution in [0.25, 0.3) is 10.9 Å². The van der Waals surface area contributed by atoms with Crippen LogP contribution in [0.15, 0.2) is 30.3 Å². The Hall–Kier alpha value is -2.67.